The van der Waals surface area contributed by atoms with Crippen molar-refractivity contribution >= 4 is 19.4 Å². The molecule has 0 amide bonds. The normalized spacial score (nSPS) is 12.1. The molecular weight excluding hydrogens is 370 g/mol. The van der Waals surface area contributed by atoms with E-state index in [1.807, 2.05) is 19.9 Å². The van der Waals surface area contributed by atoms with Crippen molar-refractivity contribution in [1.29, 1.82) is 0 Å². The van der Waals surface area contributed by atoms with Gasteiger partial charge in [-0.05, 0) is 82.7 Å². The first-order chi connectivity index (χ1) is 13.3. The Hall–Kier alpha value is -1.06. The minimum absolute atomic E-state index is 0. The SMILES string of the molecule is CCCCC(CC)COc1ccc(PC(=O)c2c(C)cc(C)cc2C)c(C)c1.[Li+]. The van der Waals surface area contributed by atoms with Crippen molar-refractivity contribution in [1.82, 2.24) is 0 Å². The van der Waals surface area contributed by atoms with E-state index in [-0.39, 0.29) is 33.0 Å². The maximum atomic E-state index is 12.9. The van der Waals surface area contributed by atoms with E-state index in [2.05, 4.69) is 52.0 Å². The molecule has 0 radical (unpaired) electrons. The predicted octanol–water partition coefficient (Wildman–Crippen LogP) is 3.66. The Morgan fingerprint density at radius 1 is 1.00 bits per heavy atom. The van der Waals surface area contributed by atoms with Gasteiger partial charge in [-0.25, -0.2) is 0 Å². The monoisotopic (exact) mass is 405 g/mol. The average Bonchev–Trinajstić information content (AvgIpc) is 2.63. The number of rotatable bonds is 10. The summed E-state index contributed by atoms with van der Waals surface area (Å²) in [5.74, 6) is 1.53. The van der Waals surface area contributed by atoms with E-state index in [1.165, 1.54) is 24.8 Å². The van der Waals surface area contributed by atoms with Crippen LogP contribution in [0, 0.1) is 33.6 Å². The van der Waals surface area contributed by atoms with Gasteiger partial charge in [-0.1, -0.05) is 56.9 Å². The molecule has 2 unspecified atom stereocenters. The molecular formula is C25H35LiO2P+. The van der Waals surface area contributed by atoms with Gasteiger partial charge >= 0.3 is 18.9 Å². The molecule has 2 rings (SSSR count). The molecule has 0 bridgehead atoms. The molecule has 0 saturated heterocycles. The fraction of sp³-hybridized carbons (Fsp3) is 0.480. The topological polar surface area (TPSA) is 26.3 Å². The summed E-state index contributed by atoms with van der Waals surface area (Å²) in [5.41, 5.74) is 5.59. The third-order valence-corrected chi connectivity index (χ3v) is 6.69. The Bertz CT molecular complexity index is 793. The number of hydrogen-bond acceptors (Lipinski definition) is 2. The minimum atomic E-state index is 0. The van der Waals surface area contributed by atoms with Crippen molar-refractivity contribution in [2.45, 2.75) is 67.2 Å². The van der Waals surface area contributed by atoms with Crippen LogP contribution in [0.25, 0.3) is 0 Å². The zero-order chi connectivity index (χ0) is 20.7. The van der Waals surface area contributed by atoms with Crippen LogP contribution in [0.15, 0.2) is 30.3 Å². The molecule has 4 heteroatoms. The third-order valence-electron chi connectivity index (χ3n) is 5.38. The summed E-state index contributed by atoms with van der Waals surface area (Å²) in [6.45, 7) is 13.5. The molecule has 0 aromatic heterocycles. The van der Waals surface area contributed by atoms with E-state index in [0.717, 1.165) is 46.3 Å². The Kier molecular flexibility index (Phi) is 11.3. The molecule has 2 atom stereocenters. The van der Waals surface area contributed by atoms with Gasteiger partial charge in [0.15, 0.2) is 5.52 Å². The zero-order valence-corrected chi connectivity index (χ0v) is 20.3. The molecule has 0 heterocycles. The van der Waals surface area contributed by atoms with Gasteiger partial charge in [0.05, 0.1) is 6.61 Å². The van der Waals surface area contributed by atoms with Crippen molar-refractivity contribution in [2.75, 3.05) is 6.61 Å². The van der Waals surface area contributed by atoms with Gasteiger partial charge in [-0.15, -0.1) is 0 Å². The van der Waals surface area contributed by atoms with Gasteiger partial charge < -0.3 is 4.74 Å². The zero-order valence-electron chi connectivity index (χ0n) is 19.3. The molecule has 0 saturated carbocycles. The third kappa shape index (κ3) is 7.60. The van der Waals surface area contributed by atoms with Crippen LogP contribution in [0.5, 0.6) is 5.75 Å². The number of carbonyl (C=O) groups is 1. The summed E-state index contributed by atoms with van der Waals surface area (Å²) >= 11 is 0. The Labute approximate surface area is 191 Å². The van der Waals surface area contributed by atoms with E-state index in [1.54, 1.807) is 0 Å². The van der Waals surface area contributed by atoms with Crippen LogP contribution in [-0.2, 0) is 0 Å². The molecule has 152 valence electrons. The fourth-order valence-electron chi connectivity index (χ4n) is 3.70. The van der Waals surface area contributed by atoms with E-state index < -0.39 is 0 Å². The summed E-state index contributed by atoms with van der Waals surface area (Å²) < 4.78 is 6.05. The van der Waals surface area contributed by atoms with Crippen LogP contribution >= 0.6 is 8.58 Å². The molecule has 0 spiro atoms. The van der Waals surface area contributed by atoms with Gasteiger partial charge in [0.1, 0.15) is 5.75 Å². The van der Waals surface area contributed by atoms with Crippen LogP contribution in [0.1, 0.15) is 72.1 Å². The summed E-state index contributed by atoms with van der Waals surface area (Å²) in [4.78, 5) is 12.9. The quantitative estimate of drug-likeness (QED) is 0.445. The first kappa shape index (κ1) is 26.0. The van der Waals surface area contributed by atoms with Crippen molar-refractivity contribution in [3.63, 3.8) is 0 Å². The number of unbranched alkanes of at least 4 members (excludes halogenated alkanes) is 1. The van der Waals surface area contributed by atoms with E-state index in [0.29, 0.717) is 5.92 Å². The van der Waals surface area contributed by atoms with Crippen LogP contribution < -0.4 is 28.9 Å². The molecule has 0 aliphatic heterocycles. The molecule has 0 N–H and O–H groups in total. The number of benzene rings is 2. The number of carbonyl (C=O) groups excluding carboxylic acids is 1. The van der Waals surface area contributed by atoms with Gasteiger partial charge in [0.2, 0.25) is 0 Å². The van der Waals surface area contributed by atoms with Crippen molar-refractivity contribution in [3.05, 3.63) is 58.1 Å². The predicted molar refractivity (Wildman–Crippen MR) is 123 cm³/mol. The van der Waals surface area contributed by atoms with Gasteiger partial charge in [-0.2, -0.15) is 0 Å². The van der Waals surface area contributed by atoms with Gasteiger partial charge in [0.25, 0.3) is 0 Å². The first-order valence-electron chi connectivity index (χ1n) is 10.5. The molecule has 0 fully saturated rings. The van der Waals surface area contributed by atoms with Gasteiger partial charge in [0, 0.05) is 5.56 Å². The Balaban J connectivity index is 0.00000420. The second kappa shape index (κ2) is 12.6. The second-order valence-electron chi connectivity index (χ2n) is 7.93. The van der Waals surface area contributed by atoms with Crippen LogP contribution in [0.2, 0.25) is 0 Å². The van der Waals surface area contributed by atoms with Gasteiger partial charge in [-0.3, -0.25) is 4.79 Å². The van der Waals surface area contributed by atoms with E-state index in [4.69, 9.17) is 4.74 Å². The summed E-state index contributed by atoms with van der Waals surface area (Å²) in [6.07, 6.45) is 4.89. The summed E-state index contributed by atoms with van der Waals surface area (Å²) in [7, 11) is 0.143. The largest absolute Gasteiger partial charge is 1.00 e. The van der Waals surface area contributed by atoms with Crippen LogP contribution in [0.3, 0.4) is 0 Å². The Morgan fingerprint density at radius 3 is 2.21 bits per heavy atom. The standard InChI is InChI=1S/C25H35O2P.Li/c1-7-9-10-21(8-2)16-27-22-11-12-23(18(4)15-22)28-25(26)24-19(5)13-17(3)14-20(24)6;/h11-15,21,28H,7-10,16H2,1-6H3;/q;+1. The second-order valence-corrected chi connectivity index (χ2v) is 9.17. The first-order valence-corrected chi connectivity index (χ1v) is 11.5. The summed E-state index contributed by atoms with van der Waals surface area (Å²) in [6, 6.07) is 10.3. The molecule has 2 aromatic rings. The fourth-order valence-corrected chi connectivity index (χ4v) is 4.90. The van der Waals surface area contributed by atoms with Crippen LogP contribution in [-0.4, -0.2) is 12.1 Å². The van der Waals surface area contributed by atoms with Crippen molar-refractivity contribution in [2.24, 2.45) is 5.92 Å². The van der Waals surface area contributed by atoms with E-state index in [9.17, 15) is 4.79 Å². The summed E-state index contributed by atoms with van der Waals surface area (Å²) in [5, 5.41) is 1.11. The number of ether oxygens (including phenoxy) is 1. The Morgan fingerprint density at radius 2 is 1.66 bits per heavy atom. The average molecular weight is 405 g/mol. The number of hydrogen-bond donors (Lipinski definition) is 0. The maximum absolute atomic E-state index is 12.9. The van der Waals surface area contributed by atoms with Crippen LogP contribution in [0.4, 0.5) is 0 Å². The smallest absolute Gasteiger partial charge is 0.493 e. The molecule has 29 heavy (non-hydrogen) atoms. The number of aryl methyl sites for hydroxylation is 4. The molecule has 0 aliphatic rings. The van der Waals surface area contributed by atoms with Crippen molar-refractivity contribution in [3.8, 4) is 5.75 Å². The van der Waals surface area contributed by atoms with E-state index >= 15 is 0 Å². The molecule has 2 nitrogen and oxygen atoms in total. The maximum Gasteiger partial charge on any atom is 1.00 e. The minimum Gasteiger partial charge on any atom is -0.493 e. The molecule has 2 aromatic carbocycles. The molecule has 0 aliphatic carbocycles. The van der Waals surface area contributed by atoms with Crippen molar-refractivity contribution < 1.29 is 28.4 Å².